The van der Waals surface area contributed by atoms with Crippen molar-refractivity contribution in [1.82, 2.24) is 19.7 Å². The minimum absolute atomic E-state index is 0.0791. The zero-order valence-corrected chi connectivity index (χ0v) is 28.9. The molecule has 7 nitrogen and oxygen atoms in total. The monoisotopic (exact) mass is 715 g/mol. The molecule has 1 aliphatic heterocycles. The van der Waals surface area contributed by atoms with Crippen molar-refractivity contribution in [3.63, 3.8) is 0 Å². The van der Waals surface area contributed by atoms with Gasteiger partial charge in [-0.3, -0.25) is 14.6 Å². The van der Waals surface area contributed by atoms with E-state index in [2.05, 4.69) is 42.6 Å². The minimum atomic E-state index is -4.75. The number of piperazine rings is 1. The molecule has 1 saturated carbocycles. The fourth-order valence-corrected chi connectivity index (χ4v) is 7.52. The smallest absolute Gasteiger partial charge is 0.406 e. The number of rotatable bonds is 11. The molecule has 262 valence electrons. The number of benzene rings is 3. The van der Waals surface area contributed by atoms with E-state index < -0.39 is 11.9 Å². The third kappa shape index (κ3) is 8.91. The summed E-state index contributed by atoms with van der Waals surface area (Å²) in [5.74, 6) is -0.340. The van der Waals surface area contributed by atoms with Crippen LogP contribution >= 0.6 is 23.2 Å². The molecule has 6 rings (SSSR count). The highest BCUT2D eigenvalue weighted by atomic mass is 35.5. The predicted molar refractivity (Wildman–Crippen MR) is 189 cm³/mol. The first kappa shape index (κ1) is 35.5. The summed E-state index contributed by atoms with van der Waals surface area (Å²) in [7, 11) is 0. The Labute approximate surface area is 295 Å². The molecular formula is C37H42Cl2F3N5O2. The van der Waals surface area contributed by atoms with Crippen molar-refractivity contribution in [2.24, 2.45) is 5.73 Å². The lowest BCUT2D eigenvalue weighted by Gasteiger charge is -2.35. The molecule has 49 heavy (non-hydrogen) atoms. The number of amides is 1. The molecule has 2 fully saturated rings. The van der Waals surface area contributed by atoms with Gasteiger partial charge in [-0.1, -0.05) is 66.7 Å². The number of hydrogen-bond acceptors (Lipinski definition) is 5. The minimum Gasteiger partial charge on any atom is -0.406 e. The number of nitrogens with two attached hydrogens (primary N) is 1. The Kier molecular flexibility index (Phi) is 11.1. The average molecular weight is 717 g/mol. The summed E-state index contributed by atoms with van der Waals surface area (Å²) >= 11 is 12.8. The normalized spacial score (nSPS) is 17.3. The molecule has 1 amide bonds. The molecule has 0 spiro atoms. The van der Waals surface area contributed by atoms with Crippen LogP contribution in [0.25, 0.3) is 22.0 Å². The fraction of sp³-hybridized carbons (Fsp3) is 0.432. The highest BCUT2D eigenvalue weighted by Crippen LogP contribution is 2.34. The number of aromatic nitrogens is 1. The van der Waals surface area contributed by atoms with Crippen LogP contribution in [0.5, 0.6) is 5.75 Å². The molecule has 12 heteroatoms. The number of fused-ring (bicyclic) bond motifs is 1. The molecule has 0 bridgehead atoms. The van der Waals surface area contributed by atoms with Gasteiger partial charge in [0.1, 0.15) is 5.75 Å². The largest absolute Gasteiger partial charge is 0.573 e. The summed E-state index contributed by atoms with van der Waals surface area (Å²) in [6.07, 6.45) is 2.49. The third-order valence-corrected chi connectivity index (χ3v) is 10.4. The second-order valence-electron chi connectivity index (χ2n) is 13.2. The van der Waals surface area contributed by atoms with E-state index in [1.54, 1.807) is 12.1 Å². The quantitative estimate of drug-likeness (QED) is 0.154. The standard InChI is InChI=1S/C37H42Cl2F3N5O2/c38-32-6-4-7-33(39)31(32)24-46-20-18-45(19-21-46)23-26-8-13-34-29(22-26)30(27-9-11-28(12-10-27)49-37(40,41)42)25-47(34)17-5-16-44-35(48)36(43)14-2-1-3-15-36/h4,6-13,22,25H,1-3,5,14-21,23-24,43H2,(H,44,48). The van der Waals surface area contributed by atoms with Gasteiger partial charge in [0.15, 0.2) is 0 Å². The molecule has 3 aromatic carbocycles. The number of halogens is 5. The molecule has 3 N–H and O–H groups in total. The van der Waals surface area contributed by atoms with Crippen LogP contribution in [0.4, 0.5) is 13.2 Å². The van der Waals surface area contributed by atoms with Crippen LogP contribution < -0.4 is 15.8 Å². The van der Waals surface area contributed by atoms with Crippen molar-refractivity contribution in [3.05, 3.63) is 88.0 Å². The number of aryl methyl sites for hydroxylation is 1. The van der Waals surface area contributed by atoms with E-state index in [9.17, 15) is 18.0 Å². The summed E-state index contributed by atoms with van der Waals surface area (Å²) in [5.41, 5.74) is 10.5. The van der Waals surface area contributed by atoms with Gasteiger partial charge in [0, 0.05) is 90.6 Å². The first-order valence-electron chi connectivity index (χ1n) is 16.9. The number of hydrogen-bond donors (Lipinski definition) is 2. The Bertz CT molecular complexity index is 1730. The van der Waals surface area contributed by atoms with Crippen LogP contribution in [0.1, 0.15) is 49.7 Å². The number of ether oxygens (including phenoxy) is 1. The van der Waals surface area contributed by atoms with E-state index >= 15 is 0 Å². The maximum absolute atomic E-state index is 12.8. The van der Waals surface area contributed by atoms with Crippen LogP contribution in [0.15, 0.2) is 66.9 Å². The topological polar surface area (TPSA) is 75.8 Å². The van der Waals surface area contributed by atoms with Crippen molar-refractivity contribution in [2.45, 2.75) is 70.1 Å². The molecule has 0 unspecified atom stereocenters. The van der Waals surface area contributed by atoms with Crippen LogP contribution in [-0.4, -0.2) is 64.9 Å². The van der Waals surface area contributed by atoms with Gasteiger partial charge in [-0.25, -0.2) is 0 Å². The van der Waals surface area contributed by atoms with Gasteiger partial charge >= 0.3 is 6.36 Å². The number of carbonyl (C=O) groups is 1. The van der Waals surface area contributed by atoms with Gasteiger partial charge in [-0.2, -0.15) is 0 Å². The van der Waals surface area contributed by atoms with Crippen LogP contribution in [0, 0.1) is 0 Å². The van der Waals surface area contributed by atoms with Gasteiger partial charge in [-0.15, -0.1) is 13.2 Å². The van der Waals surface area contributed by atoms with Crippen LogP contribution in [-0.2, 0) is 24.4 Å². The lowest BCUT2D eigenvalue weighted by Crippen LogP contribution is -2.55. The summed E-state index contributed by atoms with van der Waals surface area (Å²) in [5, 5.41) is 5.43. The first-order valence-corrected chi connectivity index (χ1v) is 17.7. The van der Waals surface area contributed by atoms with E-state index in [1.807, 2.05) is 24.4 Å². The van der Waals surface area contributed by atoms with E-state index in [1.165, 1.54) is 12.1 Å². The zero-order chi connectivity index (χ0) is 34.6. The second-order valence-corrected chi connectivity index (χ2v) is 14.1. The van der Waals surface area contributed by atoms with Gasteiger partial charge < -0.3 is 20.4 Å². The number of alkyl halides is 3. The SMILES string of the molecule is NC1(C(=O)NCCCn2cc(-c3ccc(OC(F)(F)F)cc3)c3cc(CN4CCN(Cc5c(Cl)cccc5Cl)CC4)ccc32)CCCCC1. The lowest BCUT2D eigenvalue weighted by atomic mass is 9.82. The Morgan fingerprint density at radius 2 is 1.55 bits per heavy atom. The highest BCUT2D eigenvalue weighted by molar-refractivity contribution is 6.36. The molecule has 2 heterocycles. The third-order valence-electron chi connectivity index (χ3n) is 9.72. The molecule has 2 aliphatic rings. The van der Waals surface area contributed by atoms with Gasteiger partial charge in [0.25, 0.3) is 0 Å². The van der Waals surface area contributed by atoms with Gasteiger partial charge in [-0.05, 0) is 66.8 Å². The van der Waals surface area contributed by atoms with Crippen LogP contribution in [0.2, 0.25) is 10.0 Å². The van der Waals surface area contributed by atoms with E-state index in [4.69, 9.17) is 28.9 Å². The van der Waals surface area contributed by atoms with E-state index in [0.717, 1.165) is 85.1 Å². The highest BCUT2D eigenvalue weighted by Gasteiger charge is 2.35. The summed E-state index contributed by atoms with van der Waals surface area (Å²) < 4.78 is 44.7. The number of carbonyl (C=O) groups excluding carboxylic acids is 1. The van der Waals surface area contributed by atoms with Gasteiger partial charge in [0.05, 0.1) is 5.54 Å². The molecule has 1 aliphatic carbocycles. The van der Waals surface area contributed by atoms with Gasteiger partial charge in [0.2, 0.25) is 5.91 Å². The number of nitrogens with zero attached hydrogens (tertiary/aromatic N) is 3. The molecule has 1 saturated heterocycles. The summed E-state index contributed by atoms with van der Waals surface area (Å²) in [6.45, 7) is 6.20. The van der Waals surface area contributed by atoms with Crippen molar-refractivity contribution in [1.29, 1.82) is 0 Å². The Morgan fingerprint density at radius 1 is 0.898 bits per heavy atom. The van der Waals surface area contributed by atoms with Crippen molar-refractivity contribution in [3.8, 4) is 16.9 Å². The Balaban J connectivity index is 1.15. The second kappa shape index (κ2) is 15.3. The van der Waals surface area contributed by atoms with Crippen LogP contribution in [0.3, 0.4) is 0 Å². The molecule has 4 aromatic rings. The van der Waals surface area contributed by atoms with Crippen molar-refractivity contribution < 1.29 is 22.7 Å². The molecule has 0 radical (unpaired) electrons. The average Bonchev–Trinajstić information content (AvgIpc) is 3.43. The fourth-order valence-electron chi connectivity index (χ4n) is 7.00. The van der Waals surface area contributed by atoms with Crippen molar-refractivity contribution >= 4 is 40.0 Å². The summed E-state index contributed by atoms with van der Waals surface area (Å²) in [6, 6.07) is 18.0. The maximum Gasteiger partial charge on any atom is 0.573 e. The lowest BCUT2D eigenvalue weighted by molar-refractivity contribution is -0.274. The van der Waals surface area contributed by atoms with Crippen molar-refractivity contribution in [2.75, 3.05) is 32.7 Å². The maximum atomic E-state index is 12.8. The Hall–Kier alpha value is -3.28. The molecule has 1 aromatic heterocycles. The zero-order valence-electron chi connectivity index (χ0n) is 27.4. The molecular weight excluding hydrogens is 674 g/mol. The Morgan fingerprint density at radius 3 is 2.20 bits per heavy atom. The molecule has 0 atom stereocenters. The predicted octanol–water partition coefficient (Wildman–Crippen LogP) is 8.00. The van der Waals surface area contributed by atoms with E-state index in [-0.39, 0.29) is 11.7 Å². The first-order chi connectivity index (χ1) is 23.5. The number of nitrogens with one attached hydrogen (secondary N) is 1. The summed E-state index contributed by atoms with van der Waals surface area (Å²) in [4.78, 5) is 17.6. The van der Waals surface area contributed by atoms with E-state index in [0.29, 0.717) is 48.9 Å².